The lowest BCUT2D eigenvalue weighted by molar-refractivity contribution is -0.344. The van der Waals surface area contributed by atoms with Gasteiger partial charge in [-0.2, -0.15) is 15.4 Å². The maximum atomic E-state index is 4.02. The summed E-state index contributed by atoms with van der Waals surface area (Å²) < 4.78 is 0. The van der Waals surface area contributed by atoms with E-state index in [1.54, 1.807) is 0 Å². The van der Waals surface area contributed by atoms with E-state index >= 15 is 0 Å². The minimum absolute atomic E-state index is 0.884. The Bertz CT molecular complexity index is 520. The van der Waals surface area contributed by atoms with Crippen LogP contribution in [0.25, 0.3) is 21.9 Å². The van der Waals surface area contributed by atoms with Crippen molar-refractivity contribution in [3.8, 4) is 0 Å². The van der Waals surface area contributed by atoms with Crippen molar-refractivity contribution in [3.05, 3.63) is 30.5 Å². The standard InChI is InChI=1S/C9H6N4/c1-2-6-4-8-9(12-13-11-8)5-7(6)10-3-1/h1-5H,(H,11,12,13)/p+1. The second kappa shape index (κ2) is 2.26. The van der Waals surface area contributed by atoms with E-state index in [2.05, 4.69) is 20.4 Å². The summed E-state index contributed by atoms with van der Waals surface area (Å²) in [5, 5.41) is 11.8. The van der Waals surface area contributed by atoms with Gasteiger partial charge in [-0.05, 0) is 12.1 Å². The van der Waals surface area contributed by atoms with Crippen LogP contribution in [0.3, 0.4) is 0 Å². The monoisotopic (exact) mass is 171 g/mol. The Morgan fingerprint density at radius 2 is 2.00 bits per heavy atom. The molecule has 13 heavy (non-hydrogen) atoms. The third-order valence-corrected chi connectivity index (χ3v) is 2.10. The second-order valence-electron chi connectivity index (χ2n) is 2.92. The largest absolute Gasteiger partial charge is 0.213 e. The van der Waals surface area contributed by atoms with E-state index in [-0.39, 0.29) is 0 Å². The SMILES string of the molecule is c1c[nH+]c2cc3n[nH]nc3cc2c1. The number of rotatable bonds is 0. The topological polar surface area (TPSA) is 55.7 Å². The molecule has 0 saturated heterocycles. The molecule has 1 aromatic carbocycles. The van der Waals surface area contributed by atoms with E-state index < -0.39 is 0 Å². The zero-order valence-corrected chi connectivity index (χ0v) is 6.78. The molecule has 4 nitrogen and oxygen atoms in total. The molecule has 0 aliphatic heterocycles. The van der Waals surface area contributed by atoms with Crippen molar-refractivity contribution in [1.82, 2.24) is 15.4 Å². The summed E-state index contributed by atoms with van der Waals surface area (Å²) >= 11 is 0. The summed E-state index contributed by atoms with van der Waals surface area (Å²) in [5.74, 6) is 0. The molecule has 0 atom stereocenters. The van der Waals surface area contributed by atoms with Gasteiger partial charge >= 0.3 is 0 Å². The first-order valence-electron chi connectivity index (χ1n) is 4.04. The summed E-state index contributed by atoms with van der Waals surface area (Å²) in [5.41, 5.74) is 2.85. The highest BCUT2D eigenvalue weighted by molar-refractivity contribution is 5.90. The van der Waals surface area contributed by atoms with Crippen LogP contribution in [0.2, 0.25) is 0 Å². The number of fused-ring (bicyclic) bond motifs is 2. The van der Waals surface area contributed by atoms with Gasteiger partial charge in [0.15, 0.2) is 6.20 Å². The predicted octanol–water partition coefficient (Wildman–Crippen LogP) is 0.925. The first-order valence-corrected chi connectivity index (χ1v) is 4.04. The molecule has 0 unspecified atom stereocenters. The van der Waals surface area contributed by atoms with Crippen molar-refractivity contribution in [2.24, 2.45) is 0 Å². The maximum absolute atomic E-state index is 4.02. The van der Waals surface area contributed by atoms with Crippen molar-refractivity contribution >= 4 is 21.9 Å². The predicted molar refractivity (Wildman–Crippen MR) is 48.0 cm³/mol. The van der Waals surface area contributed by atoms with Crippen LogP contribution in [0.5, 0.6) is 0 Å². The van der Waals surface area contributed by atoms with Crippen LogP contribution in [-0.2, 0) is 0 Å². The third kappa shape index (κ3) is 0.885. The lowest BCUT2D eigenvalue weighted by atomic mass is 10.2. The molecule has 0 fully saturated rings. The highest BCUT2D eigenvalue weighted by Gasteiger charge is 2.04. The van der Waals surface area contributed by atoms with Crippen molar-refractivity contribution in [1.29, 1.82) is 0 Å². The Labute approximate surface area is 73.6 Å². The van der Waals surface area contributed by atoms with Gasteiger partial charge in [-0.3, -0.25) is 0 Å². The molecule has 0 saturated carbocycles. The molecule has 3 aromatic rings. The Hall–Kier alpha value is -1.97. The average molecular weight is 171 g/mol. The van der Waals surface area contributed by atoms with E-state index in [1.807, 2.05) is 30.5 Å². The zero-order chi connectivity index (χ0) is 8.67. The summed E-state index contributed by atoms with van der Waals surface area (Å²) in [7, 11) is 0. The maximum Gasteiger partial charge on any atom is 0.213 e. The second-order valence-corrected chi connectivity index (χ2v) is 2.92. The highest BCUT2D eigenvalue weighted by atomic mass is 15.3. The van der Waals surface area contributed by atoms with Gasteiger partial charge in [0.05, 0.1) is 0 Å². The molecule has 2 aromatic heterocycles. The number of H-pyrrole nitrogens is 2. The lowest BCUT2D eigenvalue weighted by Gasteiger charge is -1.88. The molecule has 4 heteroatoms. The van der Waals surface area contributed by atoms with Crippen molar-refractivity contribution in [2.75, 3.05) is 0 Å². The number of hydrogen-bond donors (Lipinski definition) is 1. The van der Waals surface area contributed by atoms with Gasteiger partial charge in [-0.15, -0.1) is 0 Å². The molecule has 0 spiro atoms. The van der Waals surface area contributed by atoms with Gasteiger partial charge in [-0.25, -0.2) is 4.98 Å². The third-order valence-electron chi connectivity index (χ3n) is 2.10. The van der Waals surface area contributed by atoms with Crippen molar-refractivity contribution < 1.29 is 4.98 Å². The van der Waals surface area contributed by atoms with Gasteiger partial charge < -0.3 is 0 Å². The Morgan fingerprint density at radius 3 is 2.92 bits per heavy atom. The van der Waals surface area contributed by atoms with Crippen LogP contribution >= 0.6 is 0 Å². The number of nitrogens with one attached hydrogen (secondary N) is 2. The van der Waals surface area contributed by atoms with Crippen molar-refractivity contribution in [2.45, 2.75) is 0 Å². The fourth-order valence-corrected chi connectivity index (χ4v) is 1.46. The molecule has 3 rings (SSSR count). The Balaban J connectivity index is 2.57. The number of aromatic nitrogens is 4. The lowest BCUT2D eigenvalue weighted by Crippen LogP contribution is -2.00. The smallest absolute Gasteiger partial charge is 0.211 e. The van der Waals surface area contributed by atoms with Crippen LogP contribution < -0.4 is 4.98 Å². The Morgan fingerprint density at radius 1 is 1.15 bits per heavy atom. The molecule has 62 valence electrons. The molecule has 0 bridgehead atoms. The fourth-order valence-electron chi connectivity index (χ4n) is 1.46. The normalized spacial score (nSPS) is 11.1. The molecule has 0 amide bonds. The van der Waals surface area contributed by atoms with E-state index in [9.17, 15) is 0 Å². The number of benzene rings is 1. The molecular formula is C9H7N4+. The average Bonchev–Trinajstić information content (AvgIpc) is 2.61. The summed E-state index contributed by atoms with van der Waals surface area (Å²) in [6.45, 7) is 0. The fraction of sp³-hybridized carbons (Fsp3) is 0. The number of aromatic amines is 2. The van der Waals surface area contributed by atoms with E-state index in [0.717, 1.165) is 21.9 Å². The van der Waals surface area contributed by atoms with Crippen LogP contribution in [-0.4, -0.2) is 15.4 Å². The van der Waals surface area contributed by atoms with Gasteiger partial charge in [0.2, 0.25) is 5.52 Å². The van der Waals surface area contributed by atoms with E-state index in [1.165, 1.54) is 0 Å². The number of nitrogens with zero attached hydrogens (tertiary/aromatic N) is 2. The van der Waals surface area contributed by atoms with Crippen LogP contribution in [0.15, 0.2) is 30.5 Å². The minimum Gasteiger partial charge on any atom is -0.211 e. The molecule has 2 heterocycles. The first-order chi connectivity index (χ1) is 6.43. The molecule has 0 aliphatic carbocycles. The molecule has 0 radical (unpaired) electrons. The van der Waals surface area contributed by atoms with Crippen LogP contribution in [0, 0.1) is 0 Å². The number of pyridine rings is 1. The molecule has 0 aliphatic rings. The van der Waals surface area contributed by atoms with Crippen molar-refractivity contribution in [3.63, 3.8) is 0 Å². The van der Waals surface area contributed by atoms with Gasteiger partial charge in [0.1, 0.15) is 11.0 Å². The molecule has 2 N–H and O–H groups in total. The summed E-state index contributed by atoms with van der Waals surface area (Å²) in [6.07, 6.45) is 1.90. The van der Waals surface area contributed by atoms with E-state index in [0.29, 0.717) is 0 Å². The minimum atomic E-state index is 0.884. The molecular weight excluding hydrogens is 164 g/mol. The van der Waals surface area contributed by atoms with E-state index in [4.69, 9.17) is 0 Å². The zero-order valence-electron chi connectivity index (χ0n) is 6.78. The Kier molecular flexibility index (Phi) is 1.14. The quantitative estimate of drug-likeness (QED) is 0.547. The van der Waals surface area contributed by atoms with Crippen LogP contribution in [0.4, 0.5) is 0 Å². The highest BCUT2D eigenvalue weighted by Crippen LogP contribution is 2.15. The van der Waals surface area contributed by atoms with Crippen LogP contribution in [0.1, 0.15) is 0 Å². The van der Waals surface area contributed by atoms with Gasteiger partial charge in [0, 0.05) is 17.5 Å². The van der Waals surface area contributed by atoms with Gasteiger partial charge in [-0.1, -0.05) is 0 Å². The van der Waals surface area contributed by atoms with Gasteiger partial charge in [0.25, 0.3) is 0 Å². The first kappa shape index (κ1) is 6.54. The summed E-state index contributed by atoms with van der Waals surface area (Å²) in [6, 6.07) is 7.99. The summed E-state index contributed by atoms with van der Waals surface area (Å²) in [4.78, 5) is 3.15. The number of hydrogen-bond acceptors (Lipinski definition) is 2.